The molecule has 1 heterocycles. The van der Waals surface area contributed by atoms with Gasteiger partial charge in [0, 0.05) is 21.8 Å². The summed E-state index contributed by atoms with van der Waals surface area (Å²) in [5.74, 6) is -0.157. The van der Waals surface area contributed by atoms with Gasteiger partial charge in [-0.1, -0.05) is 83.5 Å². The van der Waals surface area contributed by atoms with Gasteiger partial charge in [0.2, 0.25) is 5.91 Å². The lowest BCUT2D eigenvalue weighted by molar-refractivity contribution is -0.115. The Morgan fingerprint density at radius 1 is 1.00 bits per heavy atom. The molecule has 3 aromatic carbocycles. The Morgan fingerprint density at radius 2 is 1.65 bits per heavy atom. The van der Waals surface area contributed by atoms with Gasteiger partial charge in [-0.2, -0.15) is 5.26 Å². The summed E-state index contributed by atoms with van der Waals surface area (Å²) in [6.45, 7) is 3.84. The van der Waals surface area contributed by atoms with Gasteiger partial charge in [-0.05, 0) is 49.7 Å². The second-order valence-electron chi connectivity index (χ2n) is 7.84. The number of rotatable bonds is 6. The Hall–Kier alpha value is -3.59. The van der Waals surface area contributed by atoms with Crippen molar-refractivity contribution in [2.75, 3.05) is 5.32 Å². The highest BCUT2D eigenvalue weighted by molar-refractivity contribution is 8.00. The van der Waals surface area contributed by atoms with Gasteiger partial charge in [0.15, 0.2) is 0 Å². The van der Waals surface area contributed by atoms with E-state index in [0.717, 1.165) is 33.6 Å². The lowest BCUT2D eigenvalue weighted by atomic mass is 9.99. The number of amides is 1. The molecule has 0 aliphatic rings. The highest BCUT2D eigenvalue weighted by Gasteiger charge is 2.21. The Labute approximate surface area is 208 Å². The molecule has 1 aromatic heterocycles. The van der Waals surface area contributed by atoms with E-state index >= 15 is 0 Å². The minimum Gasteiger partial charge on any atom is -0.325 e. The van der Waals surface area contributed by atoms with Crippen molar-refractivity contribution in [1.82, 2.24) is 4.98 Å². The fourth-order valence-electron chi connectivity index (χ4n) is 3.43. The van der Waals surface area contributed by atoms with Crippen LogP contribution >= 0.6 is 23.4 Å². The van der Waals surface area contributed by atoms with Crippen molar-refractivity contribution >= 4 is 35.0 Å². The first-order chi connectivity index (χ1) is 16.4. The van der Waals surface area contributed by atoms with Crippen molar-refractivity contribution in [3.8, 4) is 28.5 Å². The fraction of sp³-hybridized carbons (Fsp3) is 0.107. The Balaban J connectivity index is 1.75. The molecule has 0 aliphatic heterocycles. The Bertz CT molecular complexity index is 1350. The van der Waals surface area contributed by atoms with Gasteiger partial charge in [-0.25, -0.2) is 4.98 Å². The number of para-hydroxylation sites is 1. The van der Waals surface area contributed by atoms with Crippen LogP contribution in [0.2, 0.25) is 5.02 Å². The first kappa shape index (κ1) is 23.6. The van der Waals surface area contributed by atoms with Crippen LogP contribution in [0.15, 0.2) is 90.0 Å². The lowest BCUT2D eigenvalue weighted by Crippen LogP contribution is -2.22. The maximum absolute atomic E-state index is 12.8. The van der Waals surface area contributed by atoms with Crippen molar-refractivity contribution in [3.05, 3.63) is 101 Å². The van der Waals surface area contributed by atoms with E-state index in [2.05, 4.69) is 11.4 Å². The van der Waals surface area contributed by atoms with Crippen molar-refractivity contribution in [2.45, 2.75) is 24.1 Å². The minimum absolute atomic E-state index is 0.157. The predicted molar refractivity (Wildman–Crippen MR) is 140 cm³/mol. The maximum Gasteiger partial charge on any atom is 0.237 e. The molecule has 1 amide bonds. The van der Waals surface area contributed by atoms with Gasteiger partial charge < -0.3 is 5.32 Å². The van der Waals surface area contributed by atoms with Crippen LogP contribution in [0.1, 0.15) is 18.1 Å². The number of thioether (sulfide) groups is 1. The highest BCUT2D eigenvalue weighted by atomic mass is 35.5. The van der Waals surface area contributed by atoms with Crippen LogP contribution in [-0.4, -0.2) is 16.1 Å². The topological polar surface area (TPSA) is 65.8 Å². The molecule has 34 heavy (non-hydrogen) atoms. The average molecular weight is 484 g/mol. The van der Waals surface area contributed by atoms with Crippen LogP contribution < -0.4 is 5.32 Å². The summed E-state index contributed by atoms with van der Waals surface area (Å²) in [6.07, 6.45) is 0. The van der Waals surface area contributed by atoms with E-state index in [9.17, 15) is 10.1 Å². The van der Waals surface area contributed by atoms with E-state index in [1.54, 1.807) is 12.1 Å². The third-order valence-electron chi connectivity index (χ3n) is 5.30. The Kier molecular flexibility index (Phi) is 7.32. The number of hydrogen-bond acceptors (Lipinski definition) is 4. The largest absolute Gasteiger partial charge is 0.325 e. The van der Waals surface area contributed by atoms with Gasteiger partial charge in [0.1, 0.15) is 11.1 Å². The van der Waals surface area contributed by atoms with Crippen LogP contribution in [0, 0.1) is 18.3 Å². The first-order valence-electron chi connectivity index (χ1n) is 10.8. The molecule has 0 spiro atoms. The normalized spacial score (nSPS) is 11.5. The smallest absolute Gasteiger partial charge is 0.237 e. The van der Waals surface area contributed by atoms with Crippen LogP contribution in [0.25, 0.3) is 22.4 Å². The summed E-state index contributed by atoms with van der Waals surface area (Å²) in [5.41, 5.74) is 5.60. The summed E-state index contributed by atoms with van der Waals surface area (Å²) in [4.78, 5) is 17.7. The molecule has 0 saturated heterocycles. The molecule has 1 atom stereocenters. The van der Waals surface area contributed by atoms with Crippen LogP contribution in [0.5, 0.6) is 0 Å². The van der Waals surface area contributed by atoms with Crippen molar-refractivity contribution in [2.24, 2.45) is 0 Å². The van der Waals surface area contributed by atoms with Gasteiger partial charge in [0.05, 0.1) is 16.5 Å². The van der Waals surface area contributed by atoms with Gasteiger partial charge in [-0.15, -0.1) is 0 Å². The summed E-state index contributed by atoms with van der Waals surface area (Å²) in [7, 11) is 0. The van der Waals surface area contributed by atoms with Gasteiger partial charge in [0.25, 0.3) is 0 Å². The number of nitrogens with zero attached hydrogens (tertiary/aromatic N) is 2. The van der Waals surface area contributed by atoms with Gasteiger partial charge >= 0.3 is 0 Å². The molecule has 0 bridgehead atoms. The number of carbonyl (C=O) groups is 1. The number of aryl methyl sites for hydroxylation is 1. The van der Waals surface area contributed by atoms with E-state index in [0.29, 0.717) is 15.6 Å². The summed E-state index contributed by atoms with van der Waals surface area (Å²) < 4.78 is 0. The minimum atomic E-state index is -0.467. The zero-order valence-corrected chi connectivity index (χ0v) is 20.3. The SMILES string of the molecule is Cc1ccc(-c2cc(-c3ccc(Cl)cc3)c(C#N)c(SC(C)C(=O)Nc3ccccc3)n2)cc1. The number of halogens is 1. The number of nitrogens with one attached hydrogen (secondary N) is 1. The van der Waals surface area contributed by atoms with E-state index in [1.165, 1.54) is 11.8 Å². The third-order valence-corrected chi connectivity index (χ3v) is 6.64. The molecule has 0 saturated carbocycles. The van der Waals surface area contributed by atoms with E-state index in [4.69, 9.17) is 16.6 Å². The number of pyridine rings is 1. The molecule has 0 aliphatic carbocycles. The molecule has 0 fully saturated rings. The quantitative estimate of drug-likeness (QED) is 0.291. The molecule has 4 aromatic rings. The second kappa shape index (κ2) is 10.6. The molecule has 0 radical (unpaired) electrons. The van der Waals surface area contributed by atoms with Crippen LogP contribution in [0.3, 0.4) is 0 Å². The van der Waals surface area contributed by atoms with Crippen LogP contribution in [0.4, 0.5) is 5.69 Å². The molecule has 6 heteroatoms. The molecule has 1 N–H and O–H groups in total. The van der Waals surface area contributed by atoms with E-state index in [1.807, 2.05) is 86.6 Å². The zero-order valence-electron chi connectivity index (χ0n) is 18.7. The lowest BCUT2D eigenvalue weighted by Gasteiger charge is -2.16. The summed E-state index contributed by atoms with van der Waals surface area (Å²) in [5, 5.41) is 13.7. The van der Waals surface area contributed by atoms with Gasteiger partial charge in [-0.3, -0.25) is 4.79 Å². The zero-order chi connectivity index (χ0) is 24.1. The van der Waals surface area contributed by atoms with E-state index < -0.39 is 5.25 Å². The number of aromatic nitrogens is 1. The maximum atomic E-state index is 12.8. The molecule has 1 unspecified atom stereocenters. The number of benzene rings is 3. The van der Waals surface area contributed by atoms with E-state index in [-0.39, 0.29) is 5.91 Å². The summed E-state index contributed by atoms with van der Waals surface area (Å²) >= 11 is 7.36. The predicted octanol–water partition coefficient (Wildman–Crippen LogP) is 7.37. The second-order valence-corrected chi connectivity index (χ2v) is 9.60. The van der Waals surface area contributed by atoms with Crippen molar-refractivity contribution < 1.29 is 4.79 Å². The number of hydrogen-bond donors (Lipinski definition) is 1. The Morgan fingerprint density at radius 3 is 2.29 bits per heavy atom. The monoisotopic (exact) mass is 483 g/mol. The molecule has 168 valence electrons. The molecular weight excluding hydrogens is 462 g/mol. The number of nitriles is 1. The fourth-order valence-corrected chi connectivity index (χ4v) is 4.48. The molecule has 4 nitrogen and oxygen atoms in total. The molecule has 4 rings (SSSR count). The summed E-state index contributed by atoms with van der Waals surface area (Å²) in [6, 6.07) is 29.0. The number of carbonyl (C=O) groups excluding carboxylic acids is 1. The standard InChI is InChI=1S/C28H22ClN3OS/c1-18-8-10-21(11-9-18)26-16-24(20-12-14-22(29)15-13-20)25(17-30)28(32-26)34-19(2)27(33)31-23-6-4-3-5-7-23/h3-16,19H,1-2H3,(H,31,33). The number of anilines is 1. The van der Waals surface area contributed by atoms with Crippen molar-refractivity contribution in [1.29, 1.82) is 5.26 Å². The van der Waals surface area contributed by atoms with Crippen molar-refractivity contribution in [3.63, 3.8) is 0 Å². The first-order valence-corrected chi connectivity index (χ1v) is 12.0. The highest BCUT2D eigenvalue weighted by Crippen LogP contribution is 2.36. The third kappa shape index (κ3) is 5.48. The average Bonchev–Trinajstić information content (AvgIpc) is 2.85. The molecular formula is C28H22ClN3OS. The van der Waals surface area contributed by atoms with Crippen LogP contribution in [-0.2, 0) is 4.79 Å².